The van der Waals surface area contributed by atoms with Gasteiger partial charge in [-0.3, -0.25) is 0 Å². The molecular weight excluding hydrogens is 1400 g/mol. The van der Waals surface area contributed by atoms with E-state index >= 15 is 0 Å². The monoisotopic (exact) mass is 1470 g/mol. The third-order valence-corrected chi connectivity index (χ3v) is 24.6. The molecule has 0 saturated heterocycles. The van der Waals surface area contributed by atoms with Gasteiger partial charge < -0.3 is 22.7 Å². The molecule has 114 heavy (non-hydrogen) atoms. The second-order valence-electron chi connectivity index (χ2n) is 29.9. The second-order valence-corrected chi connectivity index (χ2v) is 30.9. The Hall–Kier alpha value is -14.8. The van der Waals surface area contributed by atoms with Crippen molar-refractivity contribution in [3.8, 4) is 89.5 Å². The number of rotatable bonds is 10. The van der Waals surface area contributed by atoms with Gasteiger partial charge >= 0.3 is 0 Å². The predicted molar refractivity (Wildman–Crippen MR) is 483 cm³/mol. The first-order valence-electron chi connectivity index (χ1n) is 39.0. The van der Waals surface area contributed by atoms with Gasteiger partial charge in [0.1, 0.15) is 11.2 Å². The Morgan fingerprint density at radius 1 is 0.167 bits per heavy atom. The lowest BCUT2D eigenvalue weighted by atomic mass is 10.00. The molecule has 0 bridgehead atoms. The zero-order chi connectivity index (χ0) is 74.9. The first-order valence-corrected chi connectivity index (χ1v) is 39.8. The molecule has 0 atom stereocenters. The minimum absolute atomic E-state index is 0.894. The number of nitrogens with zero attached hydrogens (tertiary/aromatic N) is 4. The molecule has 532 valence electrons. The van der Waals surface area contributed by atoms with Crippen LogP contribution >= 0.6 is 11.3 Å². The highest BCUT2D eigenvalue weighted by molar-refractivity contribution is 7.25. The van der Waals surface area contributed by atoms with E-state index in [4.69, 9.17) is 4.42 Å². The zero-order valence-electron chi connectivity index (χ0n) is 61.9. The normalized spacial score (nSPS) is 11.9. The summed E-state index contributed by atoms with van der Waals surface area (Å²) in [6, 6.07) is 150. The quantitative estimate of drug-likeness (QED) is 0.134. The Morgan fingerprint density at radius 2 is 0.482 bits per heavy atom. The maximum Gasteiger partial charge on any atom is 0.137 e. The van der Waals surface area contributed by atoms with Crippen LogP contribution in [0.3, 0.4) is 0 Å². The van der Waals surface area contributed by atoms with E-state index < -0.39 is 0 Å². The van der Waals surface area contributed by atoms with Crippen molar-refractivity contribution in [3.63, 3.8) is 0 Å². The first-order chi connectivity index (χ1) is 56.5. The molecule has 6 aromatic heterocycles. The van der Waals surface area contributed by atoms with Crippen LogP contribution in [0.1, 0.15) is 0 Å². The largest absolute Gasteiger partial charge is 0.456 e. The smallest absolute Gasteiger partial charge is 0.137 e. The molecule has 24 aromatic rings. The lowest BCUT2D eigenvalue weighted by molar-refractivity contribution is 0.669. The van der Waals surface area contributed by atoms with Crippen LogP contribution in [-0.2, 0) is 0 Å². The first kappa shape index (κ1) is 65.1. The number of benzene rings is 18. The van der Waals surface area contributed by atoms with Crippen LogP contribution < -0.4 is 0 Å². The average molecular weight is 1470 g/mol. The fourth-order valence-electron chi connectivity index (χ4n) is 18.1. The van der Waals surface area contributed by atoms with Crippen molar-refractivity contribution in [2.75, 3.05) is 0 Å². The molecule has 0 radical (unpaired) electrons. The molecule has 6 heteroatoms. The minimum Gasteiger partial charge on any atom is -0.456 e. The van der Waals surface area contributed by atoms with Gasteiger partial charge in [0, 0.05) is 91.4 Å². The maximum absolute atomic E-state index is 6.44. The third kappa shape index (κ3) is 10.7. The van der Waals surface area contributed by atoms with Crippen molar-refractivity contribution < 1.29 is 4.42 Å². The van der Waals surface area contributed by atoms with Gasteiger partial charge in [-0.15, -0.1) is 11.3 Å². The Bertz CT molecular complexity index is 7690. The fraction of sp³-hybridized carbons (Fsp3) is 0. The molecule has 0 amide bonds. The predicted octanol–water partition coefficient (Wildman–Crippen LogP) is 30.0. The van der Waals surface area contributed by atoms with Crippen molar-refractivity contribution >= 4 is 141 Å². The zero-order valence-corrected chi connectivity index (χ0v) is 62.7. The molecule has 0 aliphatic carbocycles. The van der Waals surface area contributed by atoms with Crippen LogP contribution in [0.2, 0.25) is 0 Å². The number of thiophene rings is 1. The Kier molecular flexibility index (Phi) is 15.1. The third-order valence-electron chi connectivity index (χ3n) is 23.5. The van der Waals surface area contributed by atoms with Gasteiger partial charge in [-0.05, 0) is 212 Å². The van der Waals surface area contributed by atoms with Gasteiger partial charge in [0.2, 0.25) is 0 Å². The molecule has 0 N–H and O–H groups in total. The fourth-order valence-corrected chi connectivity index (χ4v) is 19.2. The van der Waals surface area contributed by atoms with E-state index in [1.165, 1.54) is 163 Å². The van der Waals surface area contributed by atoms with Crippen molar-refractivity contribution in [2.45, 2.75) is 0 Å². The lowest BCUT2D eigenvalue weighted by Gasteiger charge is -2.11. The van der Waals surface area contributed by atoms with Crippen LogP contribution in [0.25, 0.3) is 219 Å². The molecule has 0 aliphatic heterocycles. The van der Waals surface area contributed by atoms with Crippen molar-refractivity contribution in [1.29, 1.82) is 0 Å². The molecule has 0 spiro atoms. The van der Waals surface area contributed by atoms with Gasteiger partial charge in [0.05, 0.1) is 49.5 Å². The summed E-state index contributed by atoms with van der Waals surface area (Å²) in [6.45, 7) is 0. The van der Waals surface area contributed by atoms with Crippen LogP contribution in [0.15, 0.2) is 417 Å². The Labute approximate surface area is 660 Å². The summed E-state index contributed by atoms with van der Waals surface area (Å²) in [5.74, 6) is 0. The van der Waals surface area contributed by atoms with Crippen LogP contribution in [0.5, 0.6) is 0 Å². The van der Waals surface area contributed by atoms with Crippen molar-refractivity contribution in [3.05, 3.63) is 413 Å². The van der Waals surface area contributed by atoms with Gasteiger partial charge in [0.15, 0.2) is 0 Å². The van der Waals surface area contributed by atoms with E-state index in [1.807, 2.05) is 17.4 Å². The van der Waals surface area contributed by atoms with E-state index in [1.54, 1.807) is 0 Å². The van der Waals surface area contributed by atoms with Gasteiger partial charge in [-0.1, -0.05) is 267 Å². The van der Waals surface area contributed by atoms with Crippen molar-refractivity contribution in [1.82, 2.24) is 18.3 Å². The van der Waals surface area contributed by atoms with Crippen LogP contribution in [-0.4, -0.2) is 18.3 Å². The van der Waals surface area contributed by atoms with Gasteiger partial charge in [-0.25, -0.2) is 0 Å². The molecule has 0 unspecified atom stereocenters. The molecule has 0 saturated carbocycles. The van der Waals surface area contributed by atoms with E-state index in [0.717, 1.165) is 55.7 Å². The van der Waals surface area contributed by atoms with Gasteiger partial charge in [-0.2, -0.15) is 0 Å². The highest BCUT2D eigenvalue weighted by atomic mass is 32.1. The SMILES string of the molecule is c1ccc(-c2ccc(-n3c4ccccc4c4cc(-c5ccc6c(c5)c5cc7c(cc5n6-c5ccc(-c6ccccc6)cc5)sc5ccccc57)ccc43)cc2)cc1.c1ccc(-c2ccc(-n3c4ccccc4c4cc(-c5ccc6c(c5)c5ccc7oc8ccccc8c7c5n6-c5ccc(-c6ccccc6)cc5)ccc43)cc2)cc1. The van der Waals surface area contributed by atoms with Crippen LogP contribution in [0.4, 0.5) is 0 Å². The molecular formula is C108H68N4OS. The molecule has 0 fully saturated rings. The van der Waals surface area contributed by atoms with Crippen molar-refractivity contribution in [2.24, 2.45) is 0 Å². The summed E-state index contributed by atoms with van der Waals surface area (Å²) >= 11 is 1.88. The average Bonchev–Trinajstić information content (AvgIpc) is 1.55. The summed E-state index contributed by atoms with van der Waals surface area (Å²) in [7, 11) is 0. The Balaban J connectivity index is 0.000000135. The molecule has 5 nitrogen and oxygen atoms in total. The Morgan fingerprint density at radius 3 is 0.930 bits per heavy atom. The summed E-state index contributed by atoms with van der Waals surface area (Å²) in [6.07, 6.45) is 0. The lowest BCUT2D eigenvalue weighted by Crippen LogP contribution is -1.94. The number of fused-ring (bicyclic) bond motifs is 19. The number of furan rings is 1. The minimum atomic E-state index is 0.894. The summed E-state index contributed by atoms with van der Waals surface area (Å²) < 4.78 is 18.7. The molecule has 24 rings (SSSR count). The molecule has 0 aliphatic rings. The summed E-state index contributed by atoms with van der Waals surface area (Å²) in [5.41, 5.74) is 30.5. The number of hydrogen-bond acceptors (Lipinski definition) is 2. The standard InChI is InChI=1S/C54H34N2O.C54H34N2S/c1-3-11-35(12-4-1)37-19-25-41(26-20-37)55-48-17-9-7-15-43(48)46-33-39(23-30-49(46)55)40-24-31-50-47(34-40)44-29-32-52-53(45-16-8-10-18-51(45)57-52)54(44)56(50)42-27-21-38(22-28-42)36-13-5-2-6-14-36;1-3-11-35(12-4-1)37-19-25-41(26-20-37)55-49-17-9-7-15-43(49)45-31-39(23-29-50(45)55)40-24-30-51-46(32-40)47-33-48-44-16-8-10-18-53(44)57-54(48)34-52(47)56(51)42-27-21-38(22-28-42)36-13-5-2-6-14-36/h2*1-34H. The highest BCUT2D eigenvalue weighted by Gasteiger charge is 2.24. The second kappa shape index (κ2) is 26.5. The summed E-state index contributed by atoms with van der Waals surface area (Å²) in [5, 5.41) is 14.8. The molecule has 6 heterocycles. The summed E-state index contributed by atoms with van der Waals surface area (Å²) in [4.78, 5) is 0. The topological polar surface area (TPSA) is 32.9 Å². The maximum atomic E-state index is 6.44. The van der Waals surface area contributed by atoms with Gasteiger partial charge in [0.25, 0.3) is 0 Å². The van der Waals surface area contributed by atoms with E-state index in [0.29, 0.717) is 0 Å². The molecule has 18 aromatic carbocycles. The van der Waals surface area contributed by atoms with E-state index in [2.05, 4.69) is 425 Å². The number of para-hydroxylation sites is 3. The highest BCUT2D eigenvalue weighted by Crippen LogP contribution is 2.47. The van der Waals surface area contributed by atoms with Crippen LogP contribution in [0, 0.1) is 0 Å². The van der Waals surface area contributed by atoms with E-state index in [-0.39, 0.29) is 0 Å². The number of aromatic nitrogens is 4. The van der Waals surface area contributed by atoms with E-state index in [9.17, 15) is 0 Å². The number of hydrogen-bond donors (Lipinski definition) is 0.